The lowest BCUT2D eigenvalue weighted by atomic mass is 9.80. The predicted octanol–water partition coefficient (Wildman–Crippen LogP) is 2.36. The van der Waals surface area contributed by atoms with Crippen LogP contribution >= 0.6 is 0 Å². The van der Waals surface area contributed by atoms with Crippen molar-refractivity contribution in [1.82, 2.24) is 10.6 Å². The largest absolute Gasteiger partial charge is 0.504 e. The van der Waals surface area contributed by atoms with Crippen LogP contribution in [0.3, 0.4) is 0 Å². The highest BCUT2D eigenvalue weighted by Crippen LogP contribution is 2.36. The smallest absolute Gasteiger partial charge is 0.251 e. The van der Waals surface area contributed by atoms with Gasteiger partial charge in [-0.1, -0.05) is 26.0 Å². The molecule has 1 aromatic rings. The lowest BCUT2D eigenvalue weighted by molar-refractivity contribution is -0.119. The summed E-state index contributed by atoms with van der Waals surface area (Å²) in [6, 6.07) is 5.04. The van der Waals surface area contributed by atoms with Gasteiger partial charge in [-0.05, 0) is 35.6 Å². The Morgan fingerprint density at radius 3 is 2.82 bits per heavy atom. The Hall–Kier alpha value is -2.43. The summed E-state index contributed by atoms with van der Waals surface area (Å²) in [6.07, 6.45) is 4.46. The molecule has 0 bridgehead atoms. The van der Waals surface area contributed by atoms with Crippen LogP contribution < -0.4 is 15.4 Å². The van der Waals surface area contributed by atoms with Crippen molar-refractivity contribution < 1.29 is 14.6 Å². The van der Waals surface area contributed by atoms with Gasteiger partial charge < -0.3 is 20.5 Å². The van der Waals surface area contributed by atoms with E-state index in [0.717, 1.165) is 16.8 Å². The molecule has 1 aromatic carbocycles. The van der Waals surface area contributed by atoms with Crippen molar-refractivity contribution >= 4 is 5.91 Å². The normalized spacial score (nSPS) is 22.7. The van der Waals surface area contributed by atoms with Gasteiger partial charge in [0.2, 0.25) is 0 Å². The van der Waals surface area contributed by atoms with Crippen molar-refractivity contribution in [2.24, 2.45) is 5.41 Å². The fourth-order valence-electron chi connectivity index (χ4n) is 2.81. The molecular formula is C17H20N2O3. The minimum Gasteiger partial charge on any atom is -0.504 e. The van der Waals surface area contributed by atoms with Gasteiger partial charge in [-0.3, -0.25) is 4.79 Å². The molecule has 1 heterocycles. The van der Waals surface area contributed by atoms with Crippen molar-refractivity contribution in [3.05, 3.63) is 47.2 Å². The first kappa shape index (κ1) is 14.5. The number of hydrogen-bond donors (Lipinski definition) is 3. The number of rotatable bonds is 2. The van der Waals surface area contributed by atoms with E-state index in [1.165, 1.54) is 7.11 Å². The van der Waals surface area contributed by atoms with E-state index in [-0.39, 0.29) is 23.2 Å². The number of aromatic hydroxyl groups is 1. The number of phenolic OH excluding ortho intramolecular Hbond substituents is 1. The molecule has 1 atom stereocenters. The molecule has 22 heavy (non-hydrogen) atoms. The lowest BCUT2D eigenvalue weighted by Gasteiger charge is -2.35. The molecule has 0 radical (unpaired) electrons. The van der Waals surface area contributed by atoms with Gasteiger partial charge in [0.25, 0.3) is 5.91 Å². The van der Waals surface area contributed by atoms with Crippen LogP contribution in [0.25, 0.3) is 0 Å². The Kier molecular flexibility index (Phi) is 3.35. The number of amides is 1. The summed E-state index contributed by atoms with van der Waals surface area (Å²) in [6.45, 7) is 4.22. The number of ether oxygens (including phenoxy) is 1. The van der Waals surface area contributed by atoms with E-state index in [0.29, 0.717) is 12.2 Å². The van der Waals surface area contributed by atoms with Crippen molar-refractivity contribution in [2.45, 2.75) is 26.4 Å². The number of carbonyl (C=O) groups excluding carboxylic acids is 1. The van der Waals surface area contributed by atoms with E-state index in [4.69, 9.17) is 4.74 Å². The maximum atomic E-state index is 12.4. The van der Waals surface area contributed by atoms with Crippen LogP contribution in [0, 0.1) is 5.41 Å². The number of carbonyl (C=O) groups is 1. The van der Waals surface area contributed by atoms with E-state index >= 15 is 0 Å². The van der Waals surface area contributed by atoms with Crippen LogP contribution in [0.5, 0.6) is 11.5 Å². The van der Waals surface area contributed by atoms with Gasteiger partial charge in [0.05, 0.1) is 7.11 Å². The van der Waals surface area contributed by atoms with Crippen LogP contribution in [-0.2, 0) is 4.79 Å². The zero-order valence-corrected chi connectivity index (χ0v) is 12.9. The summed E-state index contributed by atoms with van der Waals surface area (Å²) in [4.78, 5) is 12.4. The first-order chi connectivity index (χ1) is 10.4. The van der Waals surface area contributed by atoms with Crippen molar-refractivity contribution in [2.75, 3.05) is 7.11 Å². The summed E-state index contributed by atoms with van der Waals surface area (Å²) in [5, 5.41) is 16.0. The maximum absolute atomic E-state index is 12.4. The summed E-state index contributed by atoms with van der Waals surface area (Å²) >= 11 is 0. The quantitative estimate of drug-likeness (QED) is 0.784. The fraction of sp³-hybridized carbons (Fsp3) is 0.353. The number of hydrogen-bond acceptors (Lipinski definition) is 4. The number of allylic oxidation sites excluding steroid dienone is 2. The molecule has 1 amide bonds. The molecule has 5 heteroatoms. The van der Waals surface area contributed by atoms with Crippen molar-refractivity contribution in [1.29, 1.82) is 0 Å². The zero-order chi connectivity index (χ0) is 15.9. The minimum absolute atomic E-state index is 0.00749. The predicted molar refractivity (Wildman–Crippen MR) is 83.2 cm³/mol. The zero-order valence-electron chi connectivity index (χ0n) is 12.9. The first-order valence-electron chi connectivity index (χ1n) is 7.26. The third-order valence-corrected chi connectivity index (χ3v) is 4.05. The molecule has 0 saturated carbocycles. The van der Waals surface area contributed by atoms with Gasteiger partial charge >= 0.3 is 0 Å². The van der Waals surface area contributed by atoms with E-state index < -0.39 is 0 Å². The first-order valence-corrected chi connectivity index (χ1v) is 7.26. The second kappa shape index (κ2) is 5.09. The highest BCUT2D eigenvalue weighted by Gasteiger charge is 2.32. The average molecular weight is 300 g/mol. The van der Waals surface area contributed by atoms with Crippen molar-refractivity contribution in [3.63, 3.8) is 0 Å². The van der Waals surface area contributed by atoms with Crippen LogP contribution in [0.2, 0.25) is 0 Å². The van der Waals surface area contributed by atoms with Crippen LogP contribution in [0.4, 0.5) is 0 Å². The van der Waals surface area contributed by atoms with Gasteiger partial charge in [-0.2, -0.15) is 0 Å². The highest BCUT2D eigenvalue weighted by molar-refractivity contribution is 5.96. The van der Waals surface area contributed by atoms with Gasteiger partial charge in [0.1, 0.15) is 6.17 Å². The molecule has 0 fully saturated rings. The molecule has 2 aliphatic rings. The van der Waals surface area contributed by atoms with Gasteiger partial charge in [-0.25, -0.2) is 0 Å². The number of phenols is 1. The Bertz CT molecular complexity index is 689. The maximum Gasteiger partial charge on any atom is 0.251 e. The van der Waals surface area contributed by atoms with E-state index in [2.05, 4.69) is 30.6 Å². The third kappa shape index (κ3) is 2.54. The Balaban J connectivity index is 1.90. The Morgan fingerprint density at radius 1 is 1.32 bits per heavy atom. The third-order valence-electron chi connectivity index (χ3n) is 4.05. The average Bonchev–Trinajstić information content (AvgIpc) is 2.48. The molecule has 3 rings (SSSR count). The molecule has 116 valence electrons. The lowest BCUT2D eigenvalue weighted by Crippen LogP contribution is -2.45. The summed E-state index contributed by atoms with van der Waals surface area (Å²) in [5.74, 6) is 0.407. The van der Waals surface area contributed by atoms with E-state index in [9.17, 15) is 9.90 Å². The van der Waals surface area contributed by atoms with E-state index in [1.54, 1.807) is 18.2 Å². The summed E-state index contributed by atoms with van der Waals surface area (Å²) < 4.78 is 5.12. The molecule has 1 aliphatic carbocycles. The molecule has 0 spiro atoms. The molecule has 0 aromatic heterocycles. The summed E-state index contributed by atoms with van der Waals surface area (Å²) in [7, 11) is 1.50. The molecule has 1 unspecified atom stereocenters. The van der Waals surface area contributed by atoms with Crippen molar-refractivity contribution in [3.8, 4) is 11.5 Å². The Morgan fingerprint density at radius 2 is 2.09 bits per heavy atom. The van der Waals surface area contributed by atoms with Gasteiger partial charge in [-0.15, -0.1) is 0 Å². The molecule has 0 saturated heterocycles. The topological polar surface area (TPSA) is 70.6 Å². The fourth-order valence-corrected chi connectivity index (χ4v) is 2.81. The van der Waals surface area contributed by atoms with Crippen LogP contribution in [0.1, 0.15) is 32.0 Å². The highest BCUT2D eigenvalue weighted by atomic mass is 16.5. The monoisotopic (exact) mass is 300 g/mol. The molecule has 1 aliphatic heterocycles. The van der Waals surface area contributed by atoms with Gasteiger partial charge in [0, 0.05) is 11.3 Å². The summed E-state index contributed by atoms with van der Waals surface area (Å²) in [5.41, 5.74) is 2.47. The van der Waals surface area contributed by atoms with Crippen LogP contribution in [0.15, 0.2) is 41.6 Å². The van der Waals surface area contributed by atoms with E-state index in [1.807, 2.05) is 6.08 Å². The molecule has 3 N–H and O–H groups in total. The second-order valence-corrected chi connectivity index (χ2v) is 6.37. The second-order valence-electron chi connectivity index (χ2n) is 6.37. The molecule has 5 nitrogen and oxygen atoms in total. The Labute approximate surface area is 129 Å². The minimum atomic E-state index is -0.341. The van der Waals surface area contributed by atoms with Crippen LogP contribution in [-0.4, -0.2) is 18.1 Å². The standard InChI is InChI=1S/C17H20N2O3/c1-17(2)7-6-12-11(9-17)16(21)19-15(18-12)10-4-5-13(20)14(8-10)22-3/h4-8,15,18,20H,9H2,1-3H3,(H,19,21). The number of methoxy groups -OCH3 is 1. The number of nitrogens with one attached hydrogen (secondary N) is 2. The SMILES string of the molecule is COc1cc(C2NC(=O)C3=C(C=CC(C)(C)C3)N2)ccc1O. The number of benzene rings is 1. The molecular weight excluding hydrogens is 280 g/mol. The van der Waals surface area contributed by atoms with Gasteiger partial charge in [0.15, 0.2) is 11.5 Å².